The minimum atomic E-state index is -0.633. The Morgan fingerprint density at radius 1 is 1.54 bits per heavy atom. The Bertz CT molecular complexity index is 286. The highest BCUT2D eigenvalue weighted by molar-refractivity contribution is 5.63. The van der Waals surface area contributed by atoms with Gasteiger partial charge in [0.25, 0.3) is 0 Å². The van der Waals surface area contributed by atoms with E-state index in [1.807, 2.05) is 0 Å². The fourth-order valence-corrected chi connectivity index (χ4v) is 1.11. The summed E-state index contributed by atoms with van der Waals surface area (Å²) in [7, 11) is 1.46. The first-order chi connectivity index (χ1) is 6.29. The number of ether oxygens (including phenoxy) is 1. The monoisotopic (exact) mass is 181 g/mol. The van der Waals surface area contributed by atoms with E-state index in [4.69, 9.17) is 4.74 Å². The highest BCUT2D eigenvalue weighted by atomic mass is 19.1. The molecule has 1 aromatic rings. The zero-order valence-corrected chi connectivity index (χ0v) is 7.29. The van der Waals surface area contributed by atoms with Gasteiger partial charge in [0.1, 0.15) is 5.82 Å². The first-order valence-electron chi connectivity index (χ1n) is 3.90. The second kappa shape index (κ2) is 4.72. The topological polar surface area (TPSA) is 26.3 Å². The quantitative estimate of drug-likeness (QED) is 0.706. The van der Waals surface area contributed by atoms with Gasteiger partial charge in [-0.15, -0.1) is 0 Å². The summed E-state index contributed by atoms with van der Waals surface area (Å²) in [6.07, 6.45) is 1.75. The van der Waals surface area contributed by atoms with E-state index in [0.29, 0.717) is 5.56 Å². The van der Waals surface area contributed by atoms with Crippen LogP contribution in [0.3, 0.4) is 0 Å². The second-order valence-electron chi connectivity index (χ2n) is 2.65. The highest BCUT2D eigenvalue weighted by Crippen LogP contribution is 2.17. The average Bonchev–Trinajstić information content (AvgIpc) is 2.16. The molecule has 0 spiro atoms. The first kappa shape index (κ1) is 9.86. The van der Waals surface area contributed by atoms with E-state index in [1.54, 1.807) is 24.5 Å². The summed E-state index contributed by atoms with van der Waals surface area (Å²) in [5.74, 6) is -1.03. The van der Waals surface area contributed by atoms with E-state index >= 15 is 0 Å². The molecule has 0 amide bonds. The van der Waals surface area contributed by atoms with Crippen molar-refractivity contribution >= 4 is 6.29 Å². The van der Waals surface area contributed by atoms with Crippen molar-refractivity contribution in [3.05, 3.63) is 35.6 Å². The summed E-state index contributed by atoms with van der Waals surface area (Å²) in [5.41, 5.74) is 0.333. The van der Waals surface area contributed by atoms with Gasteiger partial charge in [-0.25, -0.2) is 4.39 Å². The van der Waals surface area contributed by atoms with E-state index in [1.165, 1.54) is 13.2 Å². The number of halogens is 1. The second-order valence-corrected chi connectivity index (χ2v) is 2.65. The zero-order chi connectivity index (χ0) is 9.68. The molecule has 0 aliphatic rings. The Morgan fingerprint density at radius 2 is 2.23 bits per heavy atom. The van der Waals surface area contributed by atoms with E-state index in [-0.39, 0.29) is 6.61 Å². The summed E-state index contributed by atoms with van der Waals surface area (Å²) < 4.78 is 17.9. The lowest BCUT2D eigenvalue weighted by atomic mass is 10.0. The summed E-state index contributed by atoms with van der Waals surface area (Å²) in [6, 6.07) is 6.13. The third kappa shape index (κ3) is 2.36. The molecule has 0 aliphatic carbocycles. The van der Waals surface area contributed by atoms with Crippen LogP contribution in [-0.2, 0) is 9.53 Å². The van der Waals surface area contributed by atoms with Crippen LogP contribution in [0.4, 0.5) is 4.39 Å². The van der Waals surface area contributed by atoms with Crippen molar-refractivity contribution in [3.63, 3.8) is 0 Å². The van der Waals surface area contributed by atoms with Crippen LogP contribution >= 0.6 is 0 Å². The standard InChI is InChI=1S/C10H10FO2/c1-13-7-8(6-12)9-4-2-3-5-10(9)11/h2-5,8H,7H2,1H3. The van der Waals surface area contributed by atoms with Crippen molar-refractivity contribution in [1.82, 2.24) is 0 Å². The van der Waals surface area contributed by atoms with Gasteiger partial charge >= 0.3 is 0 Å². The van der Waals surface area contributed by atoms with Crippen LogP contribution in [0.15, 0.2) is 24.3 Å². The lowest BCUT2D eigenvalue weighted by Crippen LogP contribution is -2.09. The number of benzene rings is 1. The van der Waals surface area contributed by atoms with Gasteiger partial charge in [-0.2, -0.15) is 0 Å². The highest BCUT2D eigenvalue weighted by Gasteiger charge is 2.14. The van der Waals surface area contributed by atoms with Gasteiger partial charge in [0.2, 0.25) is 6.29 Å². The largest absolute Gasteiger partial charge is 0.384 e. The van der Waals surface area contributed by atoms with E-state index < -0.39 is 11.7 Å². The number of carbonyl (C=O) groups excluding carboxylic acids is 1. The van der Waals surface area contributed by atoms with Crippen LogP contribution in [0.5, 0.6) is 0 Å². The van der Waals surface area contributed by atoms with Crippen molar-refractivity contribution in [2.75, 3.05) is 13.7 Å². The van der Waals surface area contributed by atoms with Gasteiger partial charge in [-0.05, 0) is 6.07 Å². The van der Waals surface area contributed by atoms with Gasteiger partial charge in [-0.3, -0.25) is 4.79 Å². The fraction of sp³-hybridized carbons (Fsp3) is 0.300. The molecule has 3 heteroatoms. The Balaban J connectivity index is 2.90. The van der Waals surface area contributed by atoms with Crippen molar-refractivity contribution in [2.24, 2.45) is 0 Å². The Morgan fingerprint density at radius 3 is 2.77 bits per heavy atom. The lowest BCUT2D eigenvalue weighted by molar-refractivity contribution is 0.193. The molecule has 1 aromatic carbocycles. The van der Waals surface area contributed by atoms with Gasteiger partial charge in [-0.1, -0.05) is 18.2 Å². The van der Waals surface area contributed by atoms with Gasteiger partial charge in [0, 0.05) is 12.7 Å². The van der Waals surface area contributed by atoms with E-state index in [9.17, 15) is 9.18 Å². The van der Waals surface area contributed by atoms with Crippen molar-refractivity contribution < 1.29 is 13.9 Å². The maximum Gasteiger partial charge on any atom is 0.208 e. The third-order valence-electron chi connectivity index (χ3n) is 1.76. The van der Waals surface area contributed by atoms with Crippen LogP contribution in [0, 0.1) is 5.82 Å². The number of hydrogen-bond donors (Lipinski definition) is 0. The normalized spacial score (nSPS) is 12.5. The van der Waals surface area contributed by atoms with Crippen molar-refractivity contribution in [1.29, 1.82) is 0 Å². The third-order valence-corrected chi connectivity index (χ3v) is 1.76. The Kier molecular flexibility index (Phi) is 3.58. The molecule has 1 radical (unpaired) electrons. The molecule has 0 aliphatic heterocycles. The molecule has 0 fully saturated rings. The summed E-state index contributed by atoms with van der Waals surface area (Å²) >= 11 is 0. The van der Waals surface area contributed by atoms with Crippen LogP contribution in [0.1, 0.15) is 11.5 Å². The fourth-order valence-electron chi connectivity index (χ4n) is 1.11. The Hall–Kier alpha value is -1.22. The van der Waals surface area contributed by atoms with Gasteiger partial charge in [0.05, 0.1) is 12.5 Å². The summed E-state index contributed by atoms with van der Waals surface area (Å²) in [4.78, 5) is 10.5. The minimum absolute atomic E-state index is 0.157. The molecule has 0 N–H and O–H groups in total. The molecule has 0 heterocycles. The molecule has 0 bridgehead atoms. The number of hydrogen-bond acceptors (Lipinski definition) is 2. The first-order valence-corrected chi connectivity index (χ1v) is 3.90. The average molecular weight is 181 g/mol. The molecular weight excluding hydrogens is 171 g/mol. The molecule has 1 unspecified atom stereocenters. The van der Waals surface area contributed by atoms with Crippen LogP contribution in [0.25, 0.3) is 0 Å². The van der Waals surface area contributed by atoms with E-state index in [0.717, 1.165) is 0 Å². The number of methoxy groups -OCH3 is 1. The van der Waals surface area contributed by atoms with Crippen LogP contribution < -0.4 is 0 Å². The molecule has 1 atom stereocenters. The van der Waals surface area contributed by atoms with Gasteiger partial charge in [0.15, 0.2) is 0 Å². The smallest absolute Gasteiger partial charge is 0.208 e. The maximum atomic E-state index is 13.1. The number of rotatable bonds is 4. The SMILES string of the molecule is COCC([C]=O)c1ccccc1F. The van der Waals surface area contributed by atoms with Gasteiger partial charge < -0.3 is 4.74 Å². The van der Waals surface area contributed by atoms with E-state index in [2.05, 4.69) is 0 Å². The Labute approximate surface area is 76.3 Å². The predicted octanol–water partition coefficient (Wildman–Crippen LogP) is 1.67. The summed E-state index contributed by atoms with van der Waals surface area (Å²) in [6.45, 7) is 0.157. The molecular formula is C10H10FO2. The zero-order valence-electron chi connectivity index (χ0n) is 7.29. The van der Waals surface area contributed by atoms with Crippen molar-refractivity contribution in [2.45, 2.75) is 5.92 Å². The maximum absolute atomic E-state index is 13.1. The molecule has 0 saturated carbocycles. The molecule has 0 saturated heterocycles. The molecule has 13 heavy (non-hydrogen) atoms. The molecule has 1 rings (SSSR count). The summed E-state index contributed by atoms with van der Waals surface area (Å²) in [5, 5.41) is 0. The predicted molar refractivity (Wildman–Crippen MR) is 46.7 cm³/mol. The molecule has 2 nitrogen and oxygen atoms in total. The van der Waals surface area contributed by atoms with Crippen LogP contribution in [0.2, 0.25) is 0 Å². The minimum Gasteiger partial charge on any atom is -0.384 e. The lowest BCUT2D eigenvalue weighted by Gasteiger charge is -2.08. The molecule has 69 valence electrons. The van der Waals surface area contributed by atoms with Crippen LogP contribution in [-0.4, -0.2) is 20.0 Å². The molecule has 0 aromatic heterocycles. The van der Waals surface area contributed by atoms with Crippen molar-refractivity contribution in [3.8, 4) is 0 Å².